The Morgan fingerprint density at radius 1 is 1.32 bits per heavy atom. The summed E-state index contributed by atoms with van der Waals surface area (Å²) in [4.78, 5) is 0. The maximum atomic E-state index is 11.6. The second-order valence-corrected chi connectivity index (χ2v) is 8.31. The summed E-state index contributed by atoms with van der Waals surface area (Å²) in [5, 5.41) is 3.51. The Balaban J connectivity index is 2.15. The number of rotatable bonds is 3. The zero-order valence-electron chi connectivity index (χ0n) is 12.2. The fourth-order valence-corrected chi connectivity index (χ4v) is 5.14. The first-order chi connectivity index (χ1) is 8.71. The van der Waals surface area contributed by atoms with Gasteiger partial charge in [-0.25, -0.2) is 8.42 Å². The van der Waals surface area contributed by atoms with Crippen LogP contribution in [0, 0.1) is 13.8 Å². The number of nitrogens with one attached hydrogen (secondary N) is 1. The van der Waals surface area contributed by atoms with Gasteiger partial charge in [0.25, 0.3) is 0 Å². The van der Waals surface area contributed by atoms with E-state index in [1.54, 1.807) is 0 Å². The molecule has 2 unspecified atom stereocenters. The van der Waals surface area contributed by atoms with Gasteiger partial charge >= 0.3 is 0 Å². The van der Waals surface area contributed by atoms with E-state index in [9.17, 15) is 8.42 Å². The maximum Gasteiger partial charge on any atom is 0.152 e. The van der Waals surface area contributed by atoms with Crippen LogP contribution in [0.5, 0.6) is 0 Å². The molecule has 1 N–H and O–H groups in total. The van der Waals surface area contributed by atoms with E-state index in [0.29, 0.717) is 12.2 Å². The summed E-state index contributed by atoms with van der Waals surface area (Å²) in [7, 11) is -2.86. The molecular weight excluding hydrogens is 258 g/mol. The lowest BCUT2D eigenvalue weighted by atomic mass is 9.95. The van der Waals surface area contributed by atoms with Crippen LogP contribution in [0.2, 0.25) is 0 Å². The van der Waals surface area contributed by atoms with Crippen LogP contribution in [0.1, 0.15) is 43.0 Å². The molecular formula is C15H23NO2S. The van der Waals surface area contributed by atoms with Crippen LogP contribution in [0.25, 0.3) is 0 Å². The van der Waals surface area contributed by atoms with Crippen molar-refractivity contribution in [2.75, 3.05) is 11.5 Å². The molecule has 0 radical (unpaired) electrons. The predicted molar refractivity (Wildman–Crippen MR) is 79.1 cm³/mol. The molecule has 1 heterocycles. The maximum absolute atomic E-state index is 11.6. The van der Waals surface area contributed by atoms with E-state index in [2.05, 4.69) is 44.3 Å². The molecule has 2 rings (SSSR count). The highest BCUT2D eigenvalue weighted by atomic mass is 32.2. The summed E-state index contributed by atoms with van der Waals surface area (Å²) < 4.78 is 23.3. The van der Waals surface area contributed by atoms with Crippen molar-refractivity contribution >= 4 is 9.84 Å². The van der Waals surface area contributed by atoms with Gasteiger partial charge in [-0.2, -0.15) is 0 Å². The van der Waals surface area contributed by atoms with E-state index in [0.717, 1.165) is 0 Å². The Morgan fingerprint density at radius 3 is 2.53 bits per heavy atom. The fourth-order valence-electron chi connectivity index (χ4n) is 3.04. The number of aryl methyl sites for hydroxylation is 2. The third-order valence-electron chi connectivity index (χ3n) is 3.96. The Labute approximate surface area is 116 Å². The largest absolute Gasteiger partial charge is 0.304 e. The molecule has 106 valence electrons. The lowest BCUT2D eigenvalue weighted by molar-refractivity contribution is 0.355. The van der Waals surface area contributed by atoms with Crippen molar-refractivity contribution in [2.45, 2.75) is 45.7 Å². The van der Waals surface area contributed by atoms with E-state index < -0.39 is 9.84 Å². The first-order valence-corrected chi connectivity index (χ1v) is 8.58. The van der Waals surface area contributed by atoms with Crippen molar-refractivity contribution in [2.24, 2.45) is 0 Å². The van der Waals surface area contributed by atoms with Crippen LogP contribution in [0.4, 0.5) is 0 Å². The molecule has 0 aliphatic carbocycles. The molecule has 0 amide bonds. The number of benzene rings is 1. The fraction of sp³-hybridized carbons (Fsp3) is 0.600. The Morgan fingerprint density at radius 2 is 2.00 bits per heavy atom. The van der Waals surface area contributed by atoms with Gasteiger partial charge < -0.3 is 5.32 Å². The van der Waals surface area contributed by atoms with Crippen molar-refractivity contribution in [3.8, 4) is 0 Å². The summed E-state index contributed by atoms with van der Waals surface area (Å²) in [5.74, 6) is 0.547. The van der Waals surface area contributed by atoms with Crippen molar-refractivity contribution in [3.63, 3.8) is 0 Å². The van der Waals surface area contributed by atoms with E-state index in [1.807, 2.05) is 6.92 Å². The number of hydrogen-bond acceptors (Lipinski definition) is 3. The summed E-state index contributed by atoms with van der Waals surface area (Å²) in [6.07, 6.45) is 0.699. The molecule has 0 bridgehead atoms. The third kappa shape index (κ3) is 3.37. The second-order valence-electron chi connectivity index (χ2n) is 6.13. The highest BCUT2D eigenvalue weighted by Crippen LogP contribution is 2.27. The Hall–Kier alpha value is -0.870. The molecule has 2 atom stereocenters. The zero-order valence-corrected chi connectivity index (χ0v) is 13.0. The smallest absolute Gasteiger partial charge is 0.152 e. The van der Waals surface area contributed by atoms with Crippen molar-refractivity contribution < 1.29 is 8.42 Å². The molecule has 3 nitrogen and oxygen atoms in total. The average molecular weight is 281 g/mol. The second kappa shape index (κ2) is 4.91. The molecule has 0 saturated carbocycles. The molecule has 1 fully saturated rings. The van der Waals surface area contributed by atoms with Gasteiger partial charge in [-0.1, -0.05) is 23.8 Å². The highest BCUT2D eigenvalue weighted by Gasteiger charge is 2.39. The lowest BCUT2D eigenvalue weighted by Crippen LogP contribution is -2.44. The van der Waals surface area contributed by atoms with Gasteiger partial charge in [0.2, 0.25) is 0 Å². The van der Waals surface area contributed by atoms with Crippen LogP contribution in [-0.4, -0.2) is 25.5 Å². The van der Waals surface area contributed by atoms with Crippen LogP contribution >= 0.6 is 0 Å². The van der Waals surface area contributed by atoms with Crippen LogP contribution < -0.4 is 5.32 Å². The molecule has 0 spiro atoms. The minimum absolute atomic E-state index is 0.166. The van der Waals surface area contributed by atoms with Crippen molar-refractivity contribution in [3.05, 3.63) is 34.9 Å². The minimum atomic E-state index is -2.86. The molecule has 19 heavy (non-hydrogen) atoms. The van der Waals surface area contributed by atoms with Crippen molar-refractivity contribution in [1.29, 1.82) is 0 Å². The van der Waals surface area contributed by atoms with Gasteiger partial charge in [0.1, 0.15) is 0 Å². The first kappa shape index (κ1) is 14.5. The zero-order chi connectivity index (χ0) is 14.3. The molecule has 4 heteroatoms. The van der Waals surface area contributed by atoms with E-state index in [-0.39, 0.29) is 17.3 Å². The van der Waals surface area contributed by atoms with Crippen LogP contribution in [0.3, 0.4) is 0 Å². The molecule has 1 aliphatic heterocycles. The highest BCUT2D eigenvalue weighted by molar-refractivity contribution is 7.91. The monoisotopic (exact) mass is 281 g/mol. The quantitative estimate of drug-likeness (QED) is 0.926. The number of hydrogen-bond donors (Lipinski definition) is 1. The topological polar surface area (TPSA) is 46.2 Å². The van der Waals surface area contributed by atoms with Crippen molar-refractivity contribution in [1.82, 2.24) is 5.32 Å². The summed E-state index contributed by atoms with van der Waals surface area (Å²) in [5.41, 5.74) is 3.46. The minimum Gasteiger partial charge on any atom is -0.304 e. The average Bonchev–Trinajstić information content (AvgIpc) is 2.52. The van der Waals surface area contributed by atoms with Crippen LogP contribution in [-0.2, 0) is 9.84 Å². The van der Waals surface area contributed by atoms with E-state index in [4.69, 9.17) is 0 Å². The summed E-state index contributed by atoms with van der Waals surface area (Å²) in [6, 6.07) is 6.57. The van der Waals surface area contributed by atoms with Gasteiger partial charge in [-0.3, -0.25) is 0 Å². The normalized spacial score (nSPS) is 27.4. The van der Waals surface area contributed by atoms with Gasteiger partial charge in [0, 0.05) is 11.6 Å². The van der Waals surface area contributed by atoms with Gasteiger partial charge in [-0.05, 0) is 45.2 Å². The Bertz CT molecular complexity index is 580. The molecule has 1 aliphatic rings. The summed E-state index contributed by atoms with van der Waals surface area (Å²) >= 11 is 0. The lowest BCUT2D eigenvalue weighted by Gasteiger charge is -2.29. The summed E-state index contributed by atoms with van der Waals surface area (Å²) in [6.45, 7) is 8.30. The van der Waals surface area contributed by atoms with Crippen LogP contribution in [0.15, 0.2) is 18.2 Å². The molecule has 1 saturated heterocycles. The van der Waals surface area contributed by atoms with Gasteiger partial charge in [0.15, 0.2) is 9.84 Å². The van der Waals surface area contributed by atoms with Gasteiger partial charge in [-0.15, -0.1) is 0 Å². The standard InChI is InChI=1S/C15H23NO2S/c1-11-5-6-14(12(2)9-11)13(3)16-15(4)7-8-19(17,18)10-15/h5-6,9,13,16H,7-8,10H2,1-4H3. The number of sulfone groups is 1. The SMILES string of the molecule is Cc1ccc(C(C)NC2(C)CCS(=O)(=O)C2)c(C)c1. The third-order valence-corrected chi connectivity index (χ3v) is 5.86. The van der Waals surface area contributed by atoms with Gasteiger partial charge in [0.05, 0.1) is 11.5 Å². The molecule has 0 aromatic heterocycles. The predicted octanol–water partition coefficient (Wildman–Crippen LogP) is 2.53. The Kier molecular flexibility index (Phi) is 3.76. The molecule has 1 aromatic carbocycles. The van der Waals surface area contributed by atoms with E-state index >= 15 is 0 Å². The van der Waals surface area contributed by atoms with E-state index in [1.165, 1.54) is 16.7 Å². The molecule has 1 aromatic rings. The first-order valence-electron chi connectivity index (χ1n) is 6.76.